The van der Waals surface area contributed by atoms with E-state index in [2.05, 4.69) is 27.3 Å². The smallest absolute Gasteiger partial charge is 0.240 e. The van der Waals surface area contributed by atoms with E-state index in [9.17, 15) is 4.79 Å². The third kappa shape index (κ3) is 3.51. The van der Waals surface area contributed by atoms with Gasteiger partial charge in [-0.15, -0.1) is 0 Å². The fourth-order valence-electron chi connectivity index (χ4n) is 3.34. The largest absolute Gasteiger partial charge is 0.348 e. The lowest BCUT2D eigenvalue weighted by molar-refractivity contribution is -0.122. The lowest BCUT2D eigenvalue weighted by Crippen LogP contribution is -2.30. The van der Waals surface area contributed by atoms with Crippen LogP contribution in [0.3, 0.4) is 0 Å². The van der Waals surface area contributed by atoms with Crippen LogP contribution < -0.4 is 5.32 Å². The van der Waals surface area contributed by atoms with Gasteiger partial charge in [0.25, 0.3) is 0 Å². The van der Waals surface area contributed by atoms with Crippen molar-refractivity contribution in [2.75, 3.05) is 0 Å². The Morgan fingerprint density at radius 3 is 2.64 bits per heavy atom. The minimum Gasteiger partial charge on any atom is -0.348 e. The van der Waals surface area contributed by atoms with Crippen molar-refractivity contribution in [3.05, 3.63) is 72.6 Å². The minimum absolute atomic E-state index is 0.0364. The Kier molecular flexibility index (Phi) is 4.89. The maximum absolute atomic E-state index is 12.7. The number of nitrogens with zero attached hydrogens (tertiary/aromatic N) is 5. The van der Waals surface area contributed by atoms with Gasteiger partial charge in [-0.1, -0.05) is 31.2 Å². The Labute approximate surface area is 163 Å². The molecule has 7 heteroatoms. The quantitative estimate of drug-likeness (QED) is 0.563. The number of fused-ring (bicyclic) bond motifs is 1. The molecule has 0 fully saturated rings. The van der Waals surface area contributed by atoms with E-state index in [0.29, 0.717) is 0 Å². The minimum atomic E-state index is -0.0999. The molecule has 1 amide bonds. The summed E-state index contributed by atoms with van der Waals surface area (Å²) in [7, 11) is 0. The van der Waals surface area contributed by atoms with Crippen molar-refractivity contribution in [3.63, 3.8) is 0 Å². The Hall–Kier alpha value is -3.48. The SMILES string of the molecule is CCc1nc2ccccc2n1CC(=O)NC(C)c1ccc(-n2cncn2)cc1. The summed E-state index contributed by atoms with van der Waals surface area (Å²) in [6, 6.07) is 15.7. The number of hydrogen-bond donors (Lipinski definition) is 1. The number of hydrogen-bond acceptors (Lipinski definition) is 4. The summed E-state index contributed by atoms with van der Waals surface area (Å²) in [4.78, 5) is 21.3. The van der Waals surface area contributed by atoms with Crippen LogP contribution in [0.5, 0.6) is 0 Å². The first kappa shape index (κ1) is 17.9. The molecule has 2 aromatic heterocycles. The molecule has 0 spiro atoms. The molecule has 2 heterocycles. The maximum atomic E-state index is 12.7. The second kappa shape index (κ2) is 7.64. The van der Waals surface area contributed by atoms with Gasteiger partial charge in [0.15, 0.2) is 0 Å². The number of aromatic nitrogens is 5. The summed E-state index contributed by atoms with van der Waals surface area (Å²) < 4.78 is 3.69. The maximum Gasteiger partial charge on any atom is 0.240 e. The summed E-state index contributed by atoms with van der Waals surface area (Å²) in [5.74, 6) is 0.881. The first-order valence-corrected chi connectivity index (χ1v) is 9.34. The van der Waals surface area contributed by atoms with Gasteiger partial charge in [0.2, 0.25) is 5.91 Å². The van der Waals surface area contributed by atoms with E-state index in [1.807, 2.05) is 60.0 Å². The zero-order valence-electron chi connectivity index (χ0n) is 15.9. The molecular formula is C21H22N6O. The van der Waals surface area contributed by atoms with E-state index in [-0.39, 0.29) is 18.5 Å². The van der Waals surface area contributed by atoms with Gasteiger partial charge in [0.05, 0.1) is 22.8 Å². The molecule has 0 saturated carbocycles. The molecule has 7 nitrogen and oxygen atoms in total. The molecule has 0 bridgehead atoms. The van der Waals surface area contributed by atoms with Crippen LogP contribution in [0, 0.1) is 0 Å². The fraction of sp³-hybridized carbons (Fsp3) is 0.238. The number of carbonyl (C=O) groups is 1. The molecule has 4 rings (SSSR count). The molecule has 1 unspecified atom stereocenters. The number of rotatable bonds is 6. The Bertz CT molecular complexity index is 1080. The highest BCUT2D eigenvalue weighted by Crippen LogP contribution is 2.18. The molecule has 1 atom stereocenters. The van der Waals surface area contributed by atoms with Gasteiger partial charge >= 0.3 is 0 Å². The number of imidazole rings is 1. The third-order valence-electron chi connectivity index (χ3n) is 4.81. The van der Waals surface area contributed by atoms with Crippen molar-refractivity contribution in [2.24, 2.45) is 0 Å². The Morgan fingerprint density at radius 2 is 1.93 bits per heavy atom. The van der Waals surface area contributed by atoms with Crippen LogP contribution in [0.15, 0.2) is 61.2 Å². The zero-order valence-corrected chi connectivity index (χ0v) is 15.9. The van der Waals surface area contributed by atoms with Crippen molar-refractivity contribution in [1.82, 2.24) is 29.6 Å². The van der Waals surface area contributed by atoms with Crippen LogP contribution in [-0.2, 0) is 17.8 Å². The Balaban J connectivity index is 1.47. The zero-order chi connectivity index (χ0) is 19.5. The number of amides is 1. The van der Waals surface area contributed by atoms with Gasteiger partial charge in [-0.2, -0.15) is 5.10 Å². The van der Waals surface area contributed by atoms with E-state index in [1.54, 1.807) is 11.0 Å². The van der Waals surface area contributed by atoms with Crippen molar-refractivity contribution < 1.29 is 4.79 Å². The molecule has 0 aliphatic heterocycles. The van der Waals surface area contributed by atoms with E-state index < -0.39 is 0 Å². The van der Waals surface area contributed by atoms with Gasteiger partial charge in [0.1, 0.15) is 25.0 Å². The summed E-state index contributed by atoms with van der Waals surface area (Å²) in [5.41, 5.74) is 3.86. The summed E-state index contributed by atoms with van der Waals surface area (Å²) in [6.45, 7) is 4.29. The van der Waals surface area contributed by atoms with Crippen LogP contribution in [0.25, 0.3) is 16.7 Å². The second-order valence-electron chi connectivity index (χ2n) is 6.68. The van der Waals surface area contributed by atoms with E-state index in [1.165, 1.54) is 6.33 Å². The van der Waals surface area contributed by atoms with Crippen LogP contribution >= 0.6 is 0 Å². The summed E-state index contributed by atoms with van der Waals surface area (Å²) >= 11 is 0. The average Bonchev–Trinajstić information content (AvgIpc) is 3.36. The molecule has 1 N–H and O–H groups in total. The van der Waals surface area contributed by atoms with E-state index in [0.717, 1.165) is 34.5 Å². The van der Waals surface area contributed by atoms with Gasteiger partial charge in [-0.05, 0) is 36.8 Å². The molecule has 4 aromatic rings. The van der Waals surface area contributed by atoms with Crippen molar-refractivity contribution in [1.29, 1.82) is 0 Å². The molecule has 0 radical (unpaired) electrons. The molecule has 0 aliphatic carbocycles. The summed E-state index contributed by atoms with van der Waals surface area (Å²) in [5, 5.41) is 7.20. The molecule has 2 aromatic carbocycles. The number of nitrogens with one attached hydrogen (secondary N) is 1. The van der Waals surface area contributed by atoms with Crippen LogP contribution in [0.2, 0.25) is 0 Å². The van der Waals surface area contributed by atoms with Gasteiger partial charge < -0.3 is 9.88 Å². The van der Waals surface area contributed by atoms with Crippen LogP contribution in [0.1, 0.15) is 31.3 Å². The van der Waals surface area contributed by atoms with Gasteiger partial charge in [-0.3, -0.25) is 4.79 Å². The highest BCUT2D eigenvalue weighted by molar-refractivity contribution is 5.81. The number of aryl methyl sites for hydroxylation is 1. The molecule has 28 heavy (non-hydrogen) atoms. The van der Waals surface area contributed by atoms with Crippen molar-refractivity contribution >= 4 is 16.9 Å². The lowest BCUT2D eigenvalue weighted by atomic mass is 10.1. The molecule has 142 valence electrons. The standard InChI is InChI=1S/C21H22N6O/c1-3-20-25-18-6-4-5-7-19(18)26(20)12-21(28)24-15(2)16-8-10-17(11-9-16)27-14-22-13-23-27/h4-11,13-15H,3,12H2,1-2H3,(H,24,28). The number of benzene rings is 2. The van der Waals surface area contributed by atoms with Gasteiger partial charge in [0, 0.05) is 6.42 Å². The summed E-state index contributed by atoms with van der Waals surface area (Å²) in [6.07, 6.45) is 3.93. The normalized spacial score (nSPS) is 12.2. The topological polar surface area (TPSA) is 77.6 Å². The first-order chi connectivity index (χ1) is 13.7. The first-order valence-electron chi connectivity index (χ1n) is 9.34. The van der Waals surface area contributed by atoms with Crippen molar-refractivity contribution in [2.45, 2.75) is 32.9 Å². The molecule has 0 aliphatic rings. The van der Waals surface area contributed by atoms with Gasteiger partial charge in [-0.25, -0.2) is 14.6 Å². The predicted octanol–water partition coefficient (Wildman–Crippen LogP) is 3.06. The predicted molar refractivity (Wildman–Crippen MR) is 107 cm³/mol. The highest BCUT2D eigenvalue weighted by Gasteiger charge is 2.15. The third-order valence-corrected chi connectivity index (χ3v) is 4.81. The van der Waals surface area contributed by atoms with E-state index >= 15 is 0 Å². The number of para-hydroxylation sites is 2. The second-order valence-corrected chi connectivity index (χ2v) is 6.68. The lowest BCUT2D eigenvalue weighted by Gasteiger charge is -2.16. The monoisotopic (exact) mass is 374 g/mol. The molecule has 0 saturated heterocycles. The van der Waals surface area contributed by atoms with Crippen LogP contribution in [-0.4, -0.2) is 30.2 Å². The van der Waals surface area contributed by atoms with E-state index in [4.69, 9.17) is 0 Å². The Morgan fingerprint density at radius 1 is 1.14 bits per heavy atom. The molecular weight excluding hydrogens is 352 g/mol. The van der Waals surface area contributed by atoms with Crippen molar-refractivity contribution in [3.8, 4) is 5.69 Å². The fourth-order valence-corrected chi connectivity index (χ4v) is 3.34. The highest BCUT2D eigenvalue weighted by atomic mass is 16.2. The van der Waals surface area contributed by atoms with Crippen LogP contribution in [0.4, 0.5) is 0 Å². The average molecular weight is 374 g/mol. The number of carbonyl (C=O) groups excluding carboxylic acids is 1.